The van der Waals surface area contributed by atoms with Gasteiger partial charge in [0.1, 0.15) is 24.2 Å². The number of rotatable bonds is 5. The Morgan fingerprint density at radius 3 is 2.97 bits per heavy atom. The van der Waals surface area contributed by atoms with Gasteiger partial charge < -0.3 is 20.4 Å². The smallest absolute Gasteiger partial charge is 0.323 e. The third-order valence-electron chi connectivity index (χ3n) is 5.22. The molecule has 154 valence electrons. The third-order valence-corrected chi connectivity index (χ3v) is 5.22. The molecule has 1 saturated heterocycles. The SMILES string of the molecule is C[C@H](Cc1ccc2c(c1)OCCn1cc(N3C(=O)NC[C@H]3C(F)F)nc1-2)C(N)=O. The van der Waals surface area contributed by atoms with Crippen molar-refractivity contribution in [2.75, 3.05) is 18.1 Å². The van der Waals surface area contributed by atoms with E-state index >= 15 is 0 Å². The lowest BCUT2D eigenvalue weighted by Crippen LogP contribution is -2.39. The summed E-state index contributed by atoms with van der Waals surface area (Å²) in [5.74, 6) is 0.617. The van der Waals surface area contributed by atoms with Crippen LogP contribution in [0.2, 0.25) is 0 Å². The van der Waals surface area contributed by atoms with Crippen LogP contribution >= 0.6 is 0 Å². The minimum absolute atomic E-state index is 0.125. The lowest BCUT2D eigenvalue weighted by molar-refractivity contribution is -0.121. The summed E-state index contributed by atoms with van der Waals surface area (Å²) in [6.07, 6.45) is -0.604. The maximum absolute atomic E-state index is 13.3. The number of ether oxygens (including phenoxy) is 1. The zero-order chi connectivity index (χ0) is 20.7. The first kappa shape index (κ1) is 19.2. The summed E-state index contributed by atoms with van der Waals surface area (Å²) in [5.41, 5.74) is 6.93. The molecule has 3 heterocycles. The first-order valence-corrected chi connectivity index (χ1v) is 9.33. The molecule has 0 saturated carbocycles. The zero-order valence-corrected chi connectivity index (χ0v) is 15.8. The molecule has 0 radical (unpaired) electrons. The molecule has 2 aliphatic heterocycles. The molecule has 10 heteroatoms. The van der Waals surface area contributed by atoms with Gasteiger partial charge in [-0.1, -0.05) is 13.0 Å². The number of halogens is 2. The van der Waals surface area contributed by atoms with E-state index in [9.17, 15) is 18.4 Å². The molecular formula is C19H21F2N5O3. The van der Waals surface area contributed by atoms with E-state index in [1.807, 2.05) is 18.2 Å². The summed E-state index contributed by atoms with van der Waals surface area (Å²) in [6.45, 7) is 2.45. The number of anilines is 1. The van der Waals surface area contributed by atoms with Crippen LogP contribution < -0.4 is 20.7 Å². The van der Waals surface area contributed by atoms with Crippen molar-refractivity contribution in [1.82, 2.24) is 14.9 Å². The number of carbonyl (C=O) groups is 2. The highest BCUT2D eigenvalue weighted by atomic mass is 19.3. The van der Waals surface area contributed by atoms with Gasteiger partial charge in [-0.2, -0.15) is 0 Å². The number of hydrogen-bond acceptors (Lipinski definition) is 4. The van der Waals surface area contributed by atoms with Gasteiger partial charge in [0.15, 0.2) is 5.82 Å². The topological polar surface area (TPSA) is 102 Å². The number of benzene rings is 1. The number of alkyl halides is 2. The lowest BCUT2D eigenvalue weighted by atomic mass is 9.99. The van der Waals surface area contributed by atoms with Crippen LogP contribution in [-0.2, 0) is 17.8 Å². The molecule has 2 atom stereocenters. The Morgan fingerprint density at radius 1 is 1.45 bits per heavy atom. The van der Waals surface area contributed by atoms with Crippen molar-refractivity contribution in [1.29, 1.82) is 0 Å². The van der Waals surface area contributed by atoms with Gasteiger partial charge in [0, 0.05) is 18.7 Å². The van der Waals surface area contributed by atoms with E-state index in [0.29, 0.717) is 36.7 Å². The molecule has 8 nitrogen and oxygen atoms in total. The van der Waals surface area contributed by atoms with E-state index in [0.717, 1.165) is 10.5 Å². The molecule has 4 rings (SSSR count). The molecule has 0 bridgehead atoms. The van der Waals surface area contributed by atoms with Gasteiger partial charge >= 0.3 is 6.03 Å². The Labute approximate surface area is 165 Å². The van der Waals surface area contributed by atoms with Crippen molar-refractivity contribution in [2.45, 2.75) is 32.4 Å². The van der Waals surface area contributed by atoms with Gasteiger partial charge in [0.25, 0.3) is 6.43 Å². The molecule has 0 aliphatic carbocycles. The van der Waals surface area contributed by atoms with Crippen molar-refractivity contribution in [3.8, 4) is 17.1 Å². The summed E-state index contributed by atoms with van der Waals surface area (Å²) in [5, 5.41) is 2.44. The lowest BCUT2D eigenvalue weighted by Gasteiger charge is -2.19. The molecule has 3 N–H and O–H groups in total. The Hall–Kier alpha value is -3.17. The molecular weight excluding hydrogens is 384 g/mol. The van der Waals surface area contributed by atoms with E-state index in [1.54, 1.807) is 17.7 Å². The Balaban J connectivity index is 1.68. The van der Waals surface area contributed by atoms with Gasteiger partial charge in [-0.05, 0) is 24.1 Å². The first-order chi connectivity index (χ1) is 13.8. The minimum atomic E-state index is -2.68. The summed E-state index contributed by atoms with van der Waals surface area (Å²) >= 11 is 0. The second-order valence-corrected chi connectivity index (χ2v) is 7.26. The average molecular weight is 405 g/mol. The van der Waals surface area contributed by atoms with E-state index in [1.165, 1.54) is 0 Å². The van der Waals surface area contributed by atoms with Crippen LogP contribution in [0.5, 0.6) is 5.75 Å². The van der Waals surface area contributed by atoms with E-state index in [-0.39, 0.29) is 24.2 Å². The average Bonchev–Trinajstić information content (AvgIpc) is 3.21. The number of nitrogens with zero attached hydrogens (tertiary/aromatic N) is 3. The maximum atomic E-state index is 13.3. The minimum Gasteiger partial charge on any atom is -0.491 e. The van der Waals surface area contributed by atoms with E-state index in [4.69, 9.17) is 10.5 Å². The van der Waals surface area contributed by atoms with Crippen LogP contribution in [0.1, 0.15) is 12.5 Å². The quantitative estimate of drug-likeness (QED) is 0.791. The fourth-order valence-corrected chi connectivity index (χ4v) is 3.60. The highest BCUT2D eigenvalue weighted by Crippen LogP contribution is 2.35. The van der Waals surface area contributed by atoms with Crippen molar-refractivity contribution in [2.24, 2.45) is 11.7 Å². The molecule has 29 heavy (non-hydrogen) atoms. The van der Waals surface area contributed by atoms with Gasteiger partial charge in [0.05, 0.1) is 12.1 Å². The van der Waals surface area contributed by atoms with Crippen molar-refractivity contribution in [3.63, 3.8) is 0 Å². The molecule has 3 amide bonds. The standard InChI is InChI=1S/C19H21F2N5O3/c1-10(17(22)27)6-11-2-3-12-14(7-11)29-5-4-25-9-15(24-18(12)25)26-13(16(20)21)8-23-19(26)28/h2-3,7,9-10,13,16H,4-6,8H2,1H3,(H2,22,27)(H,23,28)/t10-,13+/m1/s1. The predicted molar refractivity (Wildman–Crippen MR) is 101 cm³/mol. The molecule has 0 spiro atoms. The number of amides is 3. The van der Waals surface area contributed by atoms with Crippen molar-refractivity contribution >= 4 is 17.8 Å². The molecule has 0 unspecified atom stereocenters. The number of fused-ring (bicyclic) bond motifs is 3. The third kappa shape index (κ3) is 3.50. The molecule has 1 aromatic heterocycles. The summed E-state index contributed by atoms with van der Waals surface area (Å²) in [4.78, 5) is 28.9. The van der Waals surface area contributed by atoms with Gasteiger partial charge in [0.2, 0.25) is 5.91 Å². The Kier molecular flexibility index (Phi) is 4.85. The van der Waals surface area contributed by atoms with Crippen LogP contribution in [0, 0.1) is 5.92 Å². The van der Waals surface area contributed by atoms with Crippen molar-refractivity contribution < 1.29 is 23.1 Å². The molecule has 2 aliphatic rings. The van der Waals surface area contributed by atoms with Crippen LogP contribution in [0.3, 0.4) is 0 Å². The van der Waals surface area contributed by atoms with E-state index < -0.39 is 18.5 Å². The fraction of sp³-hybridized carbons (Fsp3) is 0.421. The predicted octanol–water partition coefficient (Wildman–Crippen LogP) is 1.77. The van der Waals surface area contributed by atoms with Gasteiger partial charge in [-0.3, -0.25) is 9.69 Å². The van der Waals surface area contributed by atoms with Gasteiger partial charge in [-0.15, -0.1) is 0 Å². The van der Waals surface area contributed by atoms with Gasteiger partial charge in [-0.25, -0.2) is 18.6 Å². The summed E-state index contributed by atoms with van der Waals surface area (Å²) in [7, 11) is 0. The number of imidazole rings is 1. The molecule has 2 aromatic rings. The van der Waals surface area contributed by atoms with E-state index in [2.05, 4.69) is 10.3 Å². The van der Waals surface area contributed by atoms with Crippen LogP contribution in [-0.4, -0.2) is 47.1 Å². The maximum Gasteiger partial charge on any atom is 0.323 e. The van der Waals surface area contributed by atoms with Crippen LogP contribution in [0.15, 0.2) is 24.4 Å². The number of nitrogens with two attached hydrogens (primary N) is 1. The summed E-state index contributed by atoms with van der Waals surface area (Å²) in [6, 6.07) is 3.67. The van der Waals surface area contributed by atoms with Crippen LogP contribution in [0.4, 0.5) is 19.4 Å². The normalized spacial score (nSPS) is 19.2. The Morgan fingerprint density at radius 2 is 2.24 bits per heavy atom. The zero-order valence-electron chi connectivity index (χ0n) is 15.8. The highest BCUT2D eigenvalue weighted by molar-refractivity contribution is 5.94. The number of aromatic nitrogens is 2. The van der Waals surface area contributed by atoms with Crippen molar-refractivity contribution in [3.05, 3.63) is 30.0 Å². The monoisotopic (exact) mass is 405 g/mol. The second-order valence-electron chi connectivity index (χ2n) is 7.26. The first-order valence-electron chi connectivity index (χ1n) is 9.33. The number of nitrogens with one attached hydrogen (secondary N) is 1. The largest absolute Gasteiger partial charge is 0.491 e. The molecule has 1 aromatic carbocycles. The number of hydrogen-bond donors (Lipinski definition) is 2. The number of carbonyl (C=O) groups excluding carboxylic acids is 2. The number of urea groups is 1. The highest BCUT2D eigenvalue weighted by Gasteiger charge is 2.40. The number of primary amides is 1. The second kappa shape index (κ2) is 7.34. The van der Waals surface area contributed by atoms with Crippen LogP contribution in [0.25, 0.3) is 11.4 Å². The Bertz CT molecular complexity index is 961. The molecule has 1 fully saturated rings. The fourth-order valence-electron chi connectivity index (χ4n) is 3.60. The summed E-state index contributed by atoms with van der Waals surface area (Å²) < 4.78 is 34.3.